The molecule has 4 rings (SSSR count). The molecule has 0 radical (unpaired) electrons. The van der Waals surface area contributed by atoms with E-state index >= 15 is 0 Å². The maximum atomic E-state index is 13.3. The van der Waals surface area contributed by atoms with Crippen molar-refractivity contribution in [3.05, 3.63) is 64.5 Å². The summed E-state index contributed by atoms with van der Waals surface area (Å²) in [6.07, 6.45) is 7.02. The molecule has 2 aromatic rings. The molecule has 2 aromatic carbocycles. The van der Waals surface area contributed by atoms with Crippen LogP contribution in [-0.4, -0.2) is 0 Å². The lowest BCUT2D eigenvalue weighted by atomic mass is 9.90. The molecule has 0 spiro atoms. The van der Waals surface area contributed by atoms with Crippen LogP contribution in [0.25, 0.3) is 0 Å². The lowest BCUT2D eigenvalue weighted by molar-refractivity contribution is 0.626. The van der Waals surface area contributed by atoms with Crippen LogP contribution in [-0.2, 0) is 19.3 Å². The summed E-state index contributed by atoms with van der Waals surface area (Å²) in [6.45, 7) is 0. The number of halogens is 1. The highest BCUT2D eigenvalue weighted by molar-refractivity contribution is 5.57. The van der Waals surface area contributed by atoms with Gasteiger partial charge in [-0.15, -0.1) is 0 Å². The summed E-state index contributed by atoms with van der Waals surface area (Å²) in [5.74, 6) is -0.119. The second-order valence-electron chi connectivity index (χ2n) is 6.23. The van der Waals surface area contributed by atoms with E-state index in [1.165, 1.54) is 48.1 Å². The highest BCUT2D eigenvalue weighted by Gasteiger charge is 2.24. The Kier molecular flexibility index (Phi) is 3.17. The second-order valence-corrected chi connectivity index (χ2v) is 6.23. The Morgan fingerprint density at radius 1 is 0.952 bits per heavy atom. The van der Waals surface area contributed by atoms with Gasteiger partial charge in [-0.25, -0.2) is 4.39 Å². The van der Waals surface area contributed by atoms with E-state index in [4.69, 9.17) is 0 Å². The van der Waals surface area contributed by atoms with Gasteiger partial charge in [0.2, 0.25) is 0 Å². The number of fused-ring (bicyclic) bond motifs is 2. The van der Waals surface area contributed by atoms with Gasteiger partial charge in [0, 0.05) is 5.69 Å². The Morgan fingerprint density at radius 2 is 1.86 bits per heavy atom. The Morgan fingerprint density at radius 3 is 2.81 bits per heavy atom. The zero-order valence-electron chi connectivity index (χ0n) is 12.2. The molecule has 1 atom stereocenters. The van der Waals surface area contributed by atoms with E-state index in [0.717, 1.165) is 18.4 Å². The number of nitrogens with one attached hydrogen (secondary N) is 1. The molecule has 2 heteroatoms. The number of aryl methyl sites for hydroxylation is 2. The van der Waals surface area contributed by atoms with Crippen molar-refractivity contribution in [2.45, 2.75) is 44.6 Å². The molecule has 0 fully saturated rings. The molecule has 108 valence electrons. The molecule has 0 bridgehead atoms. The van der Waals surface area contributed by atoms with Gasteiger partial charge in [-0.2, -0.15) is 0 Å². The van der Waals surface area contributed by atoms with E-state index in [-0.39, 0.29) is 5.82 Å². The molecule has 1 nitrogen and oxygen atoms in total. The minimum atomic E-state index is -0.119. The Hall–Kier alpha value is -1.83. The van der Waals surface area contributed by atoms with E-state index in [1.807, 2.05) is 6.07 Å². The van der Waals surface area contributed by atoms with Crippen LogP contribution >= 0.6 is 0 Å². The van der Waals surface area contributed by atoms with Crippen LogP contribution in [0.1, 0.15) is 47.6 Å². The van der Waals surface area contributed by atoms with Gasteiger partial charge in [0.1, 0.15) is 5.82 Å². The van der Waals surface area contributed by atoms with Gasteiger partial charge < -0.3 is 5.32 Å². The van der Waals surface area contributed by atoms with Crippen molar-refractivity contribution in [1.82, 2.24) is 0 Å². The number of rotatable bonds is 2. The van der Waals surface area contributed by atoms with Crippen molar-refractivity contribution in [3.8, 4) is 0 Å². The monoisotopic (exact) mass is 281 g/mol. The highest BCUT2D eigenvalue weighted by atomic mass is 19.1. The summed E-state index contributed by atoms with van der Waals surface area (Å²) in [5, 5.41) is 3.72. The molecular formula is C19H20FN. The molecule has 2 aliphatic rings. The van der Waals surface area contributed by atoms with Gasteiger partial charge in [-0.3, -0.25) is 0 Å². The molecule has 0 heterocycles. The van der Waals surface area contributed by atoms with Crippen LogP contribution in [0.5, 0.6) is 0 Å². The third kappa shape index (κ3) is 2.33. The fraction of sp³-hybridized carbons (Fsp3) is 0.368. The average Bonchev–Trinajstić information content (AvgIpc) is 2.90. The molecule has 0 aliphatic heterocycles. The molecule has 0 saturated heterocycles. The first kappa shape index (κ1) is 12.9. The SMILES string of the molecule is Fc1ccc2c(c1)CCC2Nc1cccc2c1CCCC2. The largest absolute Gasteiger partial charge is 0.378 e. The van der Waals surface area contributed by atoms with Gasteiger partial charge in [0.25, 0.3) is 0 Å². The minimum Gasteiger partial charge on any atom is -0.378 e. The summed E-state index contributed by atoms with van der Waals surface area (Å²) in [5.41, 5.74) is 6.72. The van der Waals surface area contributed by atoms with Crippen LogP contribution in [0.4, 0.5) is 10.1 Å². The normalized spacial score (nSPS) is 20.0. The number of anilines is 1. The zero-order valence-corrected chi connectivity index (χ0v) is 12.2. The second kappa shape index (κ2) is 5.18. The molecule has 0 aromatic heterocycles. The van der Waals surface area contributed by atoms with Crippen molar-refractivity contribution in [3.63, 3.8) is 0 Å². The predicted molar refractivity (Wildman–Crippen MR) is 84.2 cm³/mol. The fourth-order valence-electron chi connectivity index (χ4n) is 3.84. The van der Waals surface area contributed by atoms with Crippen molar-refractivity contribution in [2.75, 3.05) is 5.32 Å². The topological polar surface area (TPSA) is 12.0 Å². The first-order valence-electron chi connectivity index (χ1n) is 7.97. The number of benzene rings is 2. The van der Waals surface area contributed by atoms with Gasteiger partial charge in [0.15, 0.2) is 0 Å². The quantitative estimate of drug-likeness (QED) is 0.833. The summed E-state index contributed by atoms with van der Waals surface area (Å²) < 4.78 is 13.3. The third-order valence-electron chi connectivity index (χ3n) is 4.91. The van der Waals surface area contributed by atoms with E-state index < -0.39 is 0 Å². The molecule has 0 amide bonds. The average molecular weight is 281 g/mol. The smallest absolute Gasteiger partial charge is 0.123 e. The summed E-state index contributed by atoms with van der Waals surface area (Å²) in [7, 11) is 0. The summed E-state index contributed by atoms with van der Waals surface area (Å²) in [6, 6.07) is 12.2. The van der Waals surface area contributed by atoms with Crippen molar-refractivity contribution < 1.29 is 4.39 Å². The van der Waals surface area contributed by atoms with Crippen LogP contribution in [0.3, 0.4) is 0 Å². The first-order valence-corrected chi connectivity index (χ1v) is 7.97. The van der Waals surface area contributed by atoms with Crippen LogP contribution in [0.15, 0.2) is 36.4 Å². The predicted octanol–water partition coefficient (Wildman–Crippen LogP) is 4.80. The Labute approximate surface area is 125 Å². The minimum absolute atomic E-state index is 0.119. The van der Waals surface area contributed by atoms with Crippen molar-refractivity contribution in [1.29, 1.82) is 0 Å². The summed E-state index contributed by atoms with van der Waals surface area (Å²) >= 11 is 0. The van der Waals surface area contributed by atoms with Crippen molar-refractivity contribution in [2.24, 2.45) is 0 Å². The van der Waals surface area contributed by atoms with Gasteiger partial charge in [-0.1, -0.05) is 18.2 Å². The van der Waals surface area contributed by atoms with E-state index in [9.17, 15) is 4.39 Å². The zero-order chi connectivity index (χ0) is 14.2. The highest BCUT2D eigenvalue weighted by Crippen LogP contribution is 2.36. The van der Waals surface area contributed by atoms with Crippen molar-refractivity contribution >= 4 is 5.69 Å². The van der Waals surface area contributed by atoms with E-state index in [0.29, 0.717) is 6.04 Å². The van der Waals surface area contributed by atoms with E-state index in [2.05, 4.69) is 23.5 Å². The standard InChI is InChI=1S/C19H20FN/c20-15-9-10-17-14(12-15)8-11-19(17)21-18-7-3-5-13-4-1-2-6-16(13)18/h3,5,7,9-10,12,19,21H,1-2,4,6,8,11H2. The molecule has 0 saturated carbocycles. The number of hydrogen-bond donors (Lipinski definition) is 1. The Balaban J connectivity index is 1.64. The molecule has 1 N–H and O–H groups in total. The number of hydrogen-bond acceptors (Lipinski definition) is 1. The van der Waals surface area contributed by atoms with Gasteiger partial charge in [0.05, 0.1) is 6.04 Å². The lowest BCUT2D eigenvalue weighted by Gasteiger charge is -2.23. The maximum Gasteiger partial charge on any atom is 0.123 e. The van der Waals surface area contributed by atoms with Gasteiger partial charge >= 0.3 is 0 Å². The molecule has 2 aliphatic carbocycles. The maximum absolute atomic E-state index is 13.3. The molecule has 21 heavy (non-hydrogen) atoms. The van der Waals surface area contributed by atoms with Gasteiger partial charge in [-0.05, 0) is 79.0 Å². The first-order chi connectivity index (χ1) is 10.3. The van der Waals surface area contributed by atoms with Crippen LogP contribution < -0.4 is 5.32 Å². The van der Waals surface area contributed by atoms with Crippen LogP contribution in [0, 0.1) is 5.82 Å². The van der Waals surface area contributed by atoms with E-state index in [1.54, 1.807) is 12.1 Å². The van der Waals surface area contributed by atoms with Crippen LogP contribution in [0.2, 0.25) is 0 Å². The third-order valence-corrected chi connectivity index (χ3v) is 4.91. The molecular weight excluding hydrogens is 261 g/mol. The lowest BCUT2D eigenvalue weighted by Crippen LogP contribution is -2.12. The fourth-order valence-corrected chi connectivity index (χ4v) is 3.84. The summed E-state index contributed by atoms with van der Waals surface area (Å²) in [4.78, 5) is 0. The Bertz CT molecular complexity index is 677. The molecule has 1 unspecified atom stereocenters.